The molecule has 11 heteroatoms. The number of halogens is 3. The fourth-order valence-electron chi connectivity index (χ4n) is 3.65. The molecule has 1 aromatic heterocycles. The predicted octanol–water partition coefficient (Wildman–Crippen LogP) is 4.59. The second-order valence-corrected chi connectivity index (χ2v) is 8.96. The summed E-state index contributed by atoms with van der Waals surface area (Å²) < 4.78 is 49.4. The van der Waals surface area contributed by atoms with E-state index in [1.807, 2.05) is 4.90 Å². The molecule has 1 amide bonds. The molecule has 0 spiro atoms. The molecule has 7 nitrogen and oxygen atoms in total. The van der Waals surface area contributed by atoms with Crippen molar-refractivity contribution in [3.05, 3.63) is 105 Å². The highest BCUT2D eigenvalue weighted by atomic mass is 32.2. The molecule has 0 aliphatic carbocycles. The van der Waals surface area contributed by atoms with Crippen molar-refractivity contribution in [3.63, 3.8) is 0 Å². The van der Waals surface area contributed by atoms with Gasteiger partial charge in [-0.05, 0) is 48.4 Å². The van der Waals surface area contributed by atoms with Crippen LogP contribution in [0.4, 0.5) is 13.2 Å². The van der Waals surface area contributed by atoms with Crippen molar-refractivity contribution in [2.75, 3.05) is 0 Å². The van der Waals surface area contributed by atoms with Gasteiger partial charge in [0.05, 0.1) is 4.91 Å². The minimum atomic E-state index is -2.90. The van der Waals surface area contributed by atoms with Crippen LogP contribution in [-0.2, 0) is 17.9 Å². The number of hydrogen-bond acceptors (Lipinski definition) is 6. The number of aromatic nitrogens is 1. The van der Waals surface area contributed by atoms with Crippen LogP contribution in [0.2, 0.25) is 0 Å². The zero-order chi connectivity index (χ0) is 25.8. The van der Waals surface area contributed by atoms with E-state index in [0.29, 0.717) is 28.5 Å². The third kappa shape index (κ3) is 5.85. The van der Waals surface area contributed by atoms with Gasteiger partial charge in [0.15, 0.2) is 5.50 Å². The van der Waals surface area contributed by atoms with Crippen molar-refractivity contribution in [3.8, 4) is 11.5 Å². The fourth-order valence-corrected chi connectivity index (χ4v) is 4.92. The molecule has 0 bridgehead atoms. The maximum absolute atomic E-state index is 13.3. The summed E-state index contributed by atoms with van der Waals surface area (Å²) in [5, 5.41) is 0. The van der Waals surface area contributed by atoms with Crippen LogP contribution in [0.15, 0.2) is 82.3 Å². The highest BCUT2D eigenvalue weighted by molar-refractivity contribution is 8.04. The van der Waals surface area contributed by atoms with Crippen molar-refractivity contribution in [2.24, 2.45) is 5.73 Å². The second kappa shape index (κ2) is 10.8. The van der Waals surface area contributed by atoms with Gasteiger partial charge in [0.2, 0.25) is 0 Å². The molecular formula is C25H22F3N3O4S. The van der Waals surface area contributed by atoms with Gasteiger partial charge in [-0.15, -0.1) is 0 Å². The first kappa shape index (κ1) is 25.2. The van der Waals surface area contributed by atoms with Gasteiger partial charge in [-0.1, -0.05) is 36.0 Å². The number of carbonyl (C=O) groups is 1. The summed E-state index contributed by atoms with van der Waals surface area (Å²) in [5.41, 5.74) is 6.71. The summed E-state index contributed by atoms with van der Waals surface area (Å²) in [4.78, 5) is 27.2. The first-order chi connectivity index (χ1) is 17.2. The SMILES string of the molecule is CC1=C(C(N)=O)SC(n2ccc(OCc3ccc(OC(F)F)cc3)cc2=O)N1Cc1ccc(F)cc1. The highest BCUT2D eigenvalue weighted by Gasteiger charge is 2.34. The number of allylic oxidation sites excluding steroid dienone is 1. The summed E-state index contributed by atoms with van der Waals surface area (Å²) in [5.74, 6) is -0.602. The van der Waals surface area contributed by atoms with E-state index in [-0.39, 0.29) is 23.7 Å². The van der Waals surface area contributed by atoms with Crippen molar-refractivity contribution in [2.45, 2.75) is 32.2 Å². The number of amides is 1. The molecule has 0 saturated heterocycles. The van der Waals surface area contributed by atoms with E-state index in [2.05, 4.69) is 4.74 Å². The largest absolute Gasteiger partial charge is 0.489 e. The molecule has 1 aliphatic rings. The molecule has 1 aliphatic heterocycles. The maximum atomic E-state index is 13.3. The van der Waals surface area contributed by atoms with Crippen molar-refractivity contribution >= 4 is 17.7 Å². The van der Waals surface area contributed by atoms with Crippen molar-refractivity contribution < 1.29 is 27.4 Å². The van der Waals surface area contributed by atoms with Crippen LogP contribution in [0, 0.1) is 5.82 Å². The molecule has 2 N–H and O–H groups in total. The lowest BCUT2D eigenvalue weighted by Gasteiger charge is -2.29. The van der Waals surface area contributed by atoms with E-state index in [1.54, 1.807) is 43.5 Å². The van der Waals surface area contributed by atoms with Crippen molar-refractivity contribution in [1.82, 2.24) is 9.47 Å². The number of rotatable bonds is 9. The number of primary amides is 1. The molecule has 2 heterocycles. The van der Waals surface area contributed by atoms with Crippen molar-refractivity contribution in [1.29, 1.82) is 0 Å². The van der Waals surface area contributed by atoms with Crippen LogP contribution in [0.25, 0.3) is 0 Å². The second-order valence-electron chi connectivity index (χ2n) is 7.90. The molecule has 36 heavy (non-hydrogen) atoms. The predicted molar refractivity (Wildman–Crippen MR) is 129 cm³/mol. The van der Waals surface area contributed by atoms with Crippen LogP contribution in [-0.4, -0.2) is 22.0 Å². The van der Waals surface area contributed by atoms with Gasteiger partial charge in [0.25, 0.3) is 11.5 Å². The number of alkyl halides is 2. The maximum Gasteiger partial charge on any atom is 0.387 e. The number of hydrogen-bond donors (Lipinski definition) is 1. The Balaban J connectivity index is 1.50. The lowest BCUT2D eigenvalue weighted by Crippen LogP contribution is -2.32. The number of carbonyl (C=O) groups excluding carboxylic acids is 1. The van der Waals surface area contributed by atoms with Gasteiger partial charge in [-0.25, -0.2) is 4.39 Å². The number of thioether (sulfide) groups is 1. The van der Waals surface area contributed by atoms with Gasteiger partial charge in [-0.2, -0.15) is 8.78 Å². The summed E-state index contributed by atoms with van der Waals surface area (Å²) in [6.07, 6.45) is 1.56. The Morgan fingerprint density at radius 1 is 1.06 bits per heavy atom. The summed E-state index contributed by atoms with van der Waals surface area (Å²) >= 11 is 1.16. The lowest BCUT2D eigenvalue weighted by molar-refractivity contribution is -0.114. The van der Waals surface area contributed by atoms with E-state index in [9.17, 15) is 22.8 Å². The van der Waals surface area contributed by atoms with Gasteiger partial charge in [-0.3, -0.25) is 14.2 Å². The summed E-state index contributed by atoms with van der Waals surface area (Å²) in [6, 6.07) is 14.9. The van der Waals surface area contributed by atoms with Crippen LogP contribution in [0.3, 0.4) is 0 Å². The van der Waals surface area contributed by atoms with Gasteiger partial charge in [0.1, 0.15) is 23.9 Å². The lowest BCUT2D eigenvalue weighted by atomic mass is 10.2. The van der Waals surface area contributed by atoms with E-state index < -0.39 is 18.0 Å². The zero-order valence-corrected chi connectivity index (χ0v) is 19.9. The molecule has 2 aromatic carbocycles. The minimum absolute atomic E-state index is 0.0369. The average molecular weight is 518 g/mol. The molecule has 0 radical (unpaired) electrons. The smallest absolute Gasteiger partial charge is 0.387 e. The Labute approximate surface area is 208 Å². The van der Waals surface area contributed by atoms with Crippen LogP contribution in [0.5, 0.6) is 11.5 Å². The molecule has 0 fully saturated rings. The number of benzene rings is 2. The highest BCUT2D eigenvalue weighted by Crippen LogP contribution is 2.44. The Morgan fingerprint density at radius 2 is 1.72 bits per heavy atom. The fraction of sp³-hybridized carbons (Fsp3) is 0.200. The molecule has 3 aromatic rings. The van der Waals surface area contributed by atoms with E-state index in [4.69, 9.17) is 10.5 Å². The first-order valence-electron chi connectivity index (χ1n) is 10.8. The van der Waals surface area contributed by atoms with Crippen LogP contribution in [0.1, 0.15) is 23.5 Å². The van der Waals surface area contributed by atoms with Gasteiger partial charge in [0, 0.05) is 24.5 Å². The van der Waals surface area contributed by atoms with Gasteiger partial charge < -0.3 is 20.1 Å². The number of nitrogens with two attached hydrogens (primary N) is 1. The Hall–Kier alpha value is -3.86. The van der Waals surface area contributed by atoms with E-state index >= 15 is 0 Å². The Bertz CT molecular complexity index is 1330. The topological polar surface area (TPSA) is 86.8 Å². The first-order valence-corrected chi connectivity index (χ1v) is 11.7. The standard InChI is InChI=1S/C25H22F3N3O4S/c1-15-22(23(29)33)36-25(31(15)13-16-2-6-18(26)7-3-16)30-11-10-20(12-21(30)32)34-14-17-4-8-19(9-5-17)35-24(27)28/h2-12,24-25H,13-14H2,1H3,(H2,29,33). The normalized spacial score (nSPS) is 15.5. The molecular weight excluding hydrogens is 495 g/mol. The summed E-state index contributed by atoms with van der Waals surface area (Å²) in [6.45, 7) is -0.714. The molecule has 0 saturated carbocycles. The number of pyridine rings is 1. The molecule has 188 valence electrons. The third-order valence-corrected chi connectivity index (χ3v) is 6.88. The van der Waals surface area contributed by atoms with Crippen LogP contribution >= 0.6 is 11.8 Å². The monoisotopic (exact) mass is 517 g/mol. The number of nitrogens with zero attached hydrogens (tertiary/aromatic N) is 2. The van der Waals surface area contributed by atoms with Crippen LogP contribution < -0.4 is 20.8 Å². The minimum Gasteiger partial charge on any atom is -0.489 e. The molecule has 4 rings (SSSR count). The summed E-state index contributed by atoms with van der Waals surface area (Å²) in [7, 11) is 0. The average Bonchev–Trinajstić information content (AvgIpc) is 3.16. The number of ether oxygens (including phenoxy) is 2. The third-order valence-electron chi connectivity index (χ3n) is 5.45. The van der Waals surface area contributed by atoms with E-state index in [1.165, 1.54) is 34.9 Å². The van der Waals surface area contributed by atoms with Gasteiger partial charge >= 0.3 is 6.61 Å². The van der Waals surface area contributed by atoms with E-state index in [0.717, 1.165) is 17.3 Å². The molecule has 1 atom stereocenters. The zero-order valence-electron chi connectivity index (χ0n) is 19.1. The Kier molecular flexibility index (Phi) is 7.58. The Morgan fingerprint density at radius 3 is 2.33 bits per heavy atom. The molecule has 1 unspecified atom stereocenters. The quantitative estimate of drug-likeness (QED) is 0.447.